The first-order valence-corrected chi connectivity index (χ1v) is 5.91. The zero-order chi connectivity index (χ0) is 15.1. The molecule has 0 bridgehead atoms. The number of hydrogen-bond donors (Lipinski definition) is 4. The maximum absolute atomic E-state index is 13.3. The minimum Gasteiger partial charge on any atom is -0.394 e. The van der Waals surface area contributed by atoms with Gasteiger partial charge in [0, 0.05) is 0 Å². The van der Waals surface area contributed by atoms with Gasteiger partial charge in [-0.3, -0.25) is 14.3 Å². The van der Waals surface area contributed by atoms with Crippen LogP contribution in [0.1, 0.15) is 6.23 Å². The predicted molar refractivity (Wildman–Crippen MR) is 66.6 cm³/mol. The Morgan fingerprint density at radius 2 is 2.35 bits per heavy atom. The number of aliphatic hydroxyl groups excluding tert-OH is 2. The third-order valence-corrected chi connectivity index (χ3v) is 3.38. The van der Waals surface area contributed by atoms with E-state index in [0.29, 0.717) is 6.20 Å². The molecule has 4 N–H and O–H groups in total. The van der Waals surface area contributed by atoms with Gasteiger partial charge in [0.05, 0.1) is 12.8 Å². The molecule has 0 amide bonds. The minimum atomic E-state index is -2.23. The molecule has 2 heterocycles. The van der Waals surface area contributed by atoms with Gasteiger partial charge in [0.1, 0.15) is 12.2 Å². The van der Waals surface area contributed by atoms with Gasteiger partial charge in [0.2, 0.25) is 5.82 Å². The van der Waals surface area contributed by atoms with Crippen LogP contribution in [-0.2, 0) is 4.74 Å². The highest BCUT2D eigenvalue weighted by molar-refractivity contribution is 7.71. The van der Waals surface area contributed by atoms with E-state index in [2.05, 4.69) is 0 Å². The fourth-order valence-electron chi connectivity index (χ4n) is 1.99. The van der Waals surface area contributed by atoms with Gasteiger partial charge in [-0.2, -0.15) is 4.39 Å². The number of halogens is 1. The fraction of sp³-hybridized carbons (Fsp3) is 0.455. The second kappa shape index (κ2) is 5.08. The predicted octanol–water partition coefficient (Wildman–Crippen LogP) is -1.34. The lowest BCUT2D eigenvalue weighted by molar-refractivity contribution is -0.0759. The number of nitrogens with zero attached hydrogens (tertiary/aromatic N) is 1. The average Bonchev–Trinajstić information content (AvgIpc) is 2.67. The Labute approximate surface area is 117 Å². The van der Waals surface area contributed by atoms with Crippen molar-refractivity contribution >= 4 is 12.2 Å². The topological polar surface area (TPSA) is 108 Å². The number of hydrogen-bond acceptors (Lipinski definition) is 6. The molecule has 1 unspecified atom stereocenters. The van der Waals surface area contributed by atoms with E-state index in [1.807, 2.05) is 10.9 Å². The molecule has 1 saturated heterocycles. The molecule has 9 heteroatoms. The maximum atomic E-state index is 13.3. The minimum absolute atomic E-state index is 0.249. The lowest BCUT2D eigenvalue weighted by Gasteiger charge is -2.26. The largest absolute Gasteiger partial charge is 0.394 e. The first-order valence-electron chi connectivity index (χ1n) is 5.50. The normalized spacial score (nSPS) is 33.0. The van der Waals surface area contributed by atoms with Crippen LogP contribution in [0, 0.1) is 22.9 Å². The monoisotopic (exact) mass is 302 g/mol. The Hall–Kier alpha value is -1.57. The van der Waals surface area contributed by atoms with E-state index in [1.165, 1.54) is 0 Å². The van der Waals surface area contributed by atoms with Crippen molar-refractivity contribution in [3.63, 3.8) is 0 Å². The van der Waals surface area contributed by atoms with Crippen molar-refractivity contribution in [3.05, 3.63) is 27.1 Å². The smallest absolute Gasteiger partial charge is 0.287 e. The van der Waals surface area contributed by atoms with Gasteiger partial charge >= 0.3 is 0 Å². The summed E-state index contributed by atoms with van der Waals surface area (Å²) in [7, 11) is 0. The molecule has 4 atom stereocenters. The number of nitrogens with one attached hydrogen (secondary N) is 1. The zero-order valence-corrected chi connectivity index (χ0v) is 10.8. The third kappa shape index (κ3) is 2.07. The molecule has 2 rings (SSSR count). The van der Waals surface area contributed by atoms with Crippen molar-refractivity contribution < 1.29 is 24.4 Å². The van der Waals surface area contributed by atoms with E-state index in [-0.39, 0.29) is 4.77 Å². The third-order valence-electron chi connectivity index (χ3n) is 3.07. The molecule has 7 nitrogen and oxygen atoms in total. The number of aromatic nitrogens is 2. The summed E-state index contributed by atoms with van der Waals surface area (Å²) in [5, 5.41) is 29.2. The van der Waals surface area contributed by atoms with Crippen LogP contribution >= 0.6 is 12.2 Å². The first kappa shape index (κ1) is 14.8. The lowest BCUT2D eigenvalue weighted by Crippen LogP contribution is -2.46. The van der Waals surface area contributed by atoms with E-state index in [0.717, 1.165) is 4.57 Å². The van der Waals surface area contributed by atoms with E-state index in [9.17, 15) is 19.4 Å². The van der Waals surface area contributed by atoms with Crippen LogP contribution in [-0.4, -0.2) is 49.3 Å². The number of H-pyrrole nitrogens is 1. The van der Waals surface area contributed by atoms with Gasteiger partial charge in [0.25, 0.3) is 5.56 Å². The van der Waals surface area contributed by atoms with Gasteiger partial charge in [-0.05, 0) is 12.2 Å². The number of rotatable bonds is 2. The van der Waals surface area contributed by atoms with Gasteiger partial charge < -0.3 is 20.1 Å². The van der Waals surface area contributed by atoms with E-state index in [1.54, 1.807) is 0 Å². The highest BCUT2D eigenvalue weighted by Gasteiger charge is 2.55. The van der Waals surface area contributed by atoms with Crippen LogP contribution in [0.15, 0.2) is 11.0 Å². The fourth-order valence-corrected chi connectivity index (χ4v) is 2.23. The zero-order valence-electron chi connectivity index (χ0n) is 9.99. The van der Waals surface area contributed by atoms with Gasteiger partial charge in [-0.1, -0.05) is 5.92 Å². The van der Waals surface area contributed by atoms with Crippen LogP contribution in [0.4, 0.5) is 4.39 Å². The van der Waals surface area contributed by atoms with Crippen LogP contribution in [0.5, 0.6) is 0 Å². The number of aromatic amines is 1. The van der Waals surface area contributed by atoms with Gasteiger partial charge in [-0.25, -0.2) is 0 Å². The molecule has 0 aromatic carbocycles. The molecule has 108 valence electrons. The van der Waals surface area contributed by atoms with E-state index < -0.39 is 42.0 Å². The summed E-state index contributed by atoms with van der Waals surface area (Å²) >= 11 is 4.84. The lowest BCUT2D eigenvalue weighted by atomic mass is 9.95. The summed E-state index contributed by atoms with van der Waals surface area (Å²) in [6, 6.07) is 0. The number of terminal acetylenes is 1. The molecular formula is C11H11FN2O5S. The molecule has 1 aliphatic rings. The Kier molecular flexibility index (Phi) is 3.77. The molecule has 1 fully saturated rings. The molecule has 20 heavy (non-hydrogen) atoms. The van der Waals surface area contributed by atoms with Crippen molar-refractivity contribution in [1.82, 2.24) is 9.55 Å². The maximum Gasteiger partial charge on any atom is 0.287 e. The molecule has 0 spiro atoms. The van der Waals surface area contributed by atoms with Gasteiger partial charge in [-0.15, -0.1) is 6.42 Å². The Morgan fingerprint density at radius 1 is 1.70 bits per heavy atom. The van der Waals surface area contributed by atoms with E-state index >= 15 is 0 Å². The quantitative estimate of drug-likeness (QED) is 0.398. The average molecular weight is 302 g/mol. The van der Waals surface area contributed by atoms with Crippen molar-refractivity contribution in [3.8, 4) is 12.3 Å². The summed E-state index contributed by atoms with van der Waals surface area (Å²) in [6.07, 6.45) is 1.68. The van der Waals surface area contributed by atoms with Crippen LogP contribution in [0.25, 0.3) is 0 Å². The van der Waals surface area contributed by atoms with Crippen LogP contribution < -0.4 is 5.56 Å². The van der Waals surface area contributed by atoms with Crippen molar-refractivity contribution in [2.45, 2.75) is 24.0 Å². The van der Waals surface area contributed by atoms with Crippen LogP contribution in [0.3, 0.4) is 0 Å². The number of ether oxygens (including phenoxy) is 1. The van der Waals surface area contributed by atoms with Crippen molar-refractivity contribution in [1.29, 1.82) is 0 Å². The second-order valence-corrected chi connectivity index (χ2v) is 4.65. The highest BCUT2D eigenvalue weighted by atomic mass is 32.1. The van der Waals surface area contributed by atoms with E-state index in [4.69, 9.17) is 28.5 Å². The second-order valence-electron chi connectivity index (χ2n) is 4.27. The molecule has 1 aromatic rings. The van der Waals surface area contributed by atoms with Crippen LogP contribution in [0.2, 0.25) is 0 Å². The SMILES string of the molecule is C#C[C@@]1(O)C(O)[C@@H](CO)O[C@H]1n1cc(F)c(=O)[nH]c1=S. The Bertz CT molecular complexity index is 681. The standard InChI is InChI=1S/C11H11FN2O5S/c1-2-11(18)7(16)6(4-15)19-9(11)14-3-5(12)8(17)13-10(14)20/h1,3,6-7,9,15-16,18H,4H2,(H,13,17,20)/t6-,7?,9-,11-/m1/s1. The Balaban J connectivity index is 2.58. The summed E-state index contributed by atoms with van der Waals surface area (Å²) in [4.78, 5) is 13.1. The van der Waals surface area contributed by atoms with Crippen molar-refractivity contribution in [2.24, 2.45) is 0 Å². The Morgan fingerprint density at radius 3 is 2.90 bits per heavy atom. The first-order chi connectivity index (χ1) is 9.35. The summed E-state index contributed by atoms with van der Waals surface area (Å²) in [5.74, 6) is 0.789. The molecule has 0 radical (unpaired) electrons. The molecule has 1 aliphatic heterocycles. The molecular weight excluding hydrogens is 291 g/mol. The summed E-state index contributed by atoms with van der Waals surface area (Å²) < 4.78 is 19.2. The molecule has 0 aliphatic carbocycles. The summed E-state index contributed by atoms with van der Waals surface area (Å²) in [5.41, 5.74) is -3.26. The summed E-state index contributed by atoms with van der Waals surface area (Å²) in [6.45, 7) is -0.610. The number of aliphatic hydroxyl groups is 3. The van der Waals surface area contributed by atoms with Crippen molar-refractivity contribution in [2.75, 3.05) is 6.61 Å². The molecule has 0 saturated carbocycles. The highest BCUT2D eigenvalue weighted by Crippen LogP contribution is 2.37. The molecule has 1 aromatic heterocycles. The van der Waals surface area contributed by atoms with Gasteiger partial charge in [0.15, 0.2) is 16.6 Å².